The molecule has 13 heavy (non-hydrogen) atoms. The van der Waals surface area contributed by atoms with Crippen LogP contribution in [-0.2, 0) is 14.3 Å². The topological polar surface area (TPSA) is 35.5 Å². The molecule has 0 aromatic rings. The number of esters is 1. The first-order valence-electron chi connectivity index (χ1n) is 4.64. The summed E-state index contributed by atoms with van der Waals surface area (Å²) >= 11 is 0. The van der Waals surface area contributed by atoms with E-state index in [1.165, 1.54) is 26.2 Å². The van der Waals surface area contributed by atoms with Crippen LogP contribution in [0.25, 0.3) is 0 Å². The molecule has 1 rings (SSSR count). The summed E-state index contributed by atoms with van der Waals surface area (Å²) in [6.07, 6.45) is 6.49. The van der Waals surface area contributed by atoms with E-state index in [0.29, 0.717) is 11.7 Å². The van der Waals surface area contributed by atoms with Crippen molar-refractivity contribution in [3.05, 3.63) is 11.8 Å². The van der Waals surface area contributed by atoms with Crippen LogP contribution in [-0.4, -0.2) is 19.2 Å². The predicted molar refractivity (Wildman–Crippen MR) is 49.1 cm³/mol. The van der Waals surface area contributed by atoms with Crippen molar-refractivity contribution >= 4 is 5.97 Å². The molecule has 0 heterocycles. The second kappa shape index (κ2) is 4.90. The highest BCUT2D eigenvalue weighted by Crippen LogP contribution is 2.21. The molecular weight excluding hydrogens is 168 g/mol. The Kier molecular flexibility index (Phi) is 3.80. The van der Waals surface area contributed by atoms with Crippen LogP contribution in [0.4, 0.5) is 0 Å². The van der Waals surface area contributed by atoms with Gasteiger partial charge in [0, 0.05) is 0 Å². The quantitative estimate of drug-likeness (QED) is 0.382. The highest BCUT2D eigenvalue weighted by atomic mass is 16.5. The fourth-order valence-corrected chi connectivity index (χ4v) is 1.43. The minimum atomic E-state index is -0.321. The predicted octanol–water partition coefficient (Wildman–Crippen LogP) is 2.02. The Labute approximate surface area is 78.7 Å². The van der Waals surface area contributed by atoms with Crippen LogP contribution in [0.15, 0.2) is 11.8 Å². The number of ether oxygens (including phenoxy) is 2. The fourth-order valence-electron chi connectivity index (χ4n) is 1.43. The lowest BCUT2D eigenvalue weighted by Crippen LogP contribution is -2.06. The van der Waals surface area contributed by atoms with Gasteiger partial charge in [-0.15, -0.1) is 0 Å². The van der Waals surface area contributed by atoms with Crippen molar-refractivity contribution < 1.29 is 14.3 Å². The minimum Gasteiger partial charge on any atom is -0.497 e. The summed E-state index contributed by atoms with van der Waals surface area (Å²) in [6, 6.07) is 0. The number of carbonyl (C=O) groups is 1. The molecule has 1 saturated carbocycles. The van der Waals surface area contributed by atoms with Gasteiger partial charge in [0.05, 0.1) is 25.0 Å². The van der Waals surface area contributed by atoms with E-state index < -0.39 is 0 Å². The molecule has 0 N–H and O–H groups in total. The van der Waals surface area contributed by atoms with Gasteiger partial charge in [-0.25, -0.2) is 4.79 Å². The maximum Gasteiger partial charge on any atom is 0.336 e. The Morgan fingerprint density at radius 2 is 2.00 bits per heavy atom. The summed E-state index contributed by atoms with van der Waals surface area (Å²) in [5.41, 5.74) is 0.523. The van der Waals surface area contributed by atoms with Gasteiger partial charge in [0.15, 0.2) is 0 Å². The van der Waals surface area contributed by atoms with Gasteiger partial charge in [0.25, 0.3) is 0 Å². The third-order valence-corrected chi connectivity index (χ3v) is 2.25. The molecule has 0 bridgehead atoms. The van der Waals surface area contributed by atoms with Crippen molar-refractivity contribution in [2.45, 2.75) is 38.7 Å². The molecule has 0 amide bonds. The number of carbonyl (C=O) groups excluding carboxylic acids is 1. The van der Waals surface area contributed by atoms with Crippen LogP contribution in [0.5, 0.6) is 0 Å². The second-order valence-corrected chi connectivity index (χ2v) is 3.33. The van der Waals surface area contributed by atoms with Gasteiger partial charge in [-0.1, -0.05) is 0 Å². The molecule has 0 spiro atoms. The van der Waals surface area contributed by atoms with Crippen LogP contribution in [0.2, 0.25) is 0 Å². The molecule has 0 aliphatic heterocycles. The zero-order valence-corrected chi connectivity index (χ0v) is 8.21. The highest BCUT2D eigenvalue weighted by molar-refractivity contribution is 5.87. The van der Waals surface area contributed by atoms with Gasteiger partial charge in [-0.2, -0.15) is 0 Å². The lowest BCUT2D eigenvalue weighted by Gasteiger charge is -2.08. The van der Waals surface area contributed by atoms with Gasteiger partial charge in [-0.05, 0) is 32.6 Å². The molecule has 0 unspecified atom stereocenters. The maximum atomic E-state index is 10.9. The minimum absolute atomic E-state index is 0.305. The molecule has 3 nitrogen and oxygen atoms in total. The van der Waals surface area contributed by atoms with E-state index >= 15 is 0 Å². The molecule has 74 valence electrons. The first-order valence-corrected chi connectivity index (χ1v) is 4.64. The van der Waals surface area contributed by atoms with Crippen molar-refractivity contribution in [2.24, 2.45) is 0 Å². The lowest BCUT2D eigenvalue weighted by molar-refractivity contribution is -0.136. The van der Waals surface area contributed by atoms with Gasteiger partial charge in [0.2, 0.25) is 0 Å². The molecule has 3 heteroatoms. The second-order valence-electron chi connectivity index (χ2n) is 3.33. The van der Waals surface area contributed by atoms with Crippen LogP contribution >= 0.6 is 0 Å². The molecule has 0 radical (unpaired) electrons. The molecule has 0 saturated heterocycles. The monoisotopic (exact) mass is 184 g/mol. The Bertz CT molecular complexity index is 202. The van der Waals surface area contributed by atoms with Crippen molar-refractivity contribution in [1.29, 1.82) is 0 Å². The average Bonchev–Trinajstić information content (AvgIpc) is 2.65. The molecule has 1 aliphatic carbocycles. The maximum absolute atomic E-state index is 10.9. The van der Waals surface area contributed by atoms with E-state index in [-0.39, 0.29) is 5.97 Å². The average molecular weight is 184 g/mol. The van der Waals surface area contributed by atoms with E-state index in [4.69, 9.17) is 4.74 Å². The molecule has 0 aromatic carbocycles. The summed E-state index contributed by atoms with van der Waals surface area (Å²) in [7, 11) is 1.37. The fraction of sp³-hybridized carbons (Fsp3) is 0.700. The standard InChI is InChI=1S/C10H16O3/c1-8(10(11)12-2)7-13-9-5-3-4-6-9/h7,9H,3-6H2,1-2H3. The van der Waals surface area contributed by atoms with Crippen molar-refractivity contribution in [2.75, 3.05) is 7.11 Å². The van der Waals surface area contributed by atoms with Gasteiger partial charge in [-0.3, -0.25) is 0 Å². The summed E-state index contributed by atoms with van der Waals surface area (Å²) in [6.45, 7) is 1.70. The smallest absolute Gasteiger partial charge is 0.336 e. The number of rotatable bonds is 3. The summed E-state index contributed by atoms with van der Waals surface area (Å²) in [5.74, 6) is -0.321. The van der Waals surface area contributed by atoms with Gasteiger partial charge < -0.3 is 9.47 Å². The summed E-state index contributed by atoms with van der Waals surface area (Å²) < 4.78 is 9.96. The summed E-state index contributed by atoms with van der Waals surface area (Å²) in [4.78, 5) is 10.9. The van der Waals surface area contributed by atoms with Crippen molar-refractivity contribution in [3.8, 4) is 0 Å². The van der Waals surface area contributed by atoms with Gasteiger partial charge in [0.1, 0.15) is 0 Å². The lowest BCUT2D eigenvalue weighted by atomic mass is 10.3. The first kappa shape index (κ1) is 10.1. The molecule has 1 fully saturated rings. The molecule has 0 atom stereocenters. The Balaban J connectivity index is 2.33. The van der Waals surface area contributed by atoms with Crippen LogP contribution in [0, 0.1) is 0 Å². The van der Waals surface area contributed by atoms with Crippen LogP contribution < -0.4 is 0 Å². The van der Waals surface area contributed by atoms with Crippen LogP contribution in [0.1, 0.15) is 32.6 Å². The molecule has 0 aromatic heterocycles. The van der Waals surface area contributed by atoms with E-state index in [9.17, 15) is 4.79 Å². The van der Waals surface area contributed by atoms with E-state index in [2.05, 4.69) is 4.74 Å². The number of hydrogen-bond acceptors (Lipinski definition) is 3. The Morgan fingerprint density at radius 3 is 2.54 bits per heavy atom. The van der Waals surface area contributed by atoms with E-state index in [1.807, 2.05) is 0 Å². The molecule has 1 aliphatic rings. The Hall–Kier alpha value is -0.990. The zero-order chi connectivity index (χ0) is 9.68. The van der Waals surface area contributed by atoms with E-state index in [0.717, 1.165) is 12.8 Å². The third-order valence-electron chi connectivity index (χ3n) is 2.25. The normalized spacial score (nSPS) is 18.8. The number of hydrogen-bond donors (Lipinski definition) is 0. The van der Waals surface area contributed by atoms with E-state index in [1.54, 1.807) is 6.92 Å². The van der Waals surface area contributed by atoms with Crippen molar-refractivity contribution in [1.82, 2.24) is 0 Å². The largest absolute Gasteiger partial charge is 0.497 e. The molecular formula is C10H16O3. The first-order chi connectivity index (χ1) is 6.24. The summed E-state index contributed by atoms with van der Waals surface area (Å²) in [5, 5.41) is 0. The number of methoxy groups -OCH3 is 1. The zero-order valence-electron chi connectivity index (χ0n) is 8.21. The van der Waals surface area contributed by atoms with Crippen LogP contribution in [0.3, 0.4) is 0 Å². The SMILES string of the molecule is COC(=O)C(C)=COC1CCCC1. The Morgan fingerprint density at radius 1 is 1.38 bits per heavy atom. The van der Waals surface area contributed by atoms with Crippen molar-refractivity contribution in [3.63, 3.8) is 0 Å². The third kappa shape index (κ3) is 3.09. The highest BCUT2D eigenvalue weighted by Gasteiger charge is 2.15. The van der Waals surface area contributed by atoms with Gasteiger partial charge >= 0.3 is 5.97 Å².